The Labute approximate surface area is 105 Å². The highest BCUT2D eigenvalue weighted by Crippen LogP contribution is 2.31. The lowest BCUT2D eigenvalue weighted by molar-refractivity contribution is 0.0996. The molecule has 0 fully saturated rings. The summed E-state index contributed by atoms with van der Waals surface area (Å²) < 4.78 is 5.26. The highest BCUT2D eigenvalue weighted by molar-refractivity contribution is 5.99. The smallest absolute Gasteiger partial charge is 0.268 e. The normalized spacial score (nSPS) is 10.1. The highest BCUT2D eigenvalue weighted by Gasteiger charge is 2.16. The number of hydrogen-bond acceptors (Lipinski definition) is 4. The summed E-state index contributed by atoms with van der Waals surface area (Å²) in [5.74, 6) is -0.0252. The number of pyridine rings is 2. The second-order valence-corrected chi connectivity index (χ2v) is 3.79. The first-order valence-electron chi connectivity index (χ1n) is 5.39. The van der Waals surface area contributed by atoms with Crippen molar-refractivity contribution < 1.29 is 9.53 Å². The zero-order valence-electron chi connectivity index (χ0n) is 10.2. The van der Waals surface area contributed by atoms with Crippen molar-refractivity contribution in [2.24, 2.45) is 5.73 Å². The molecule has 0 aliphatic rings. The number of nitrogens with zero attached hydrogens (tertiary/aromatic N) is 2. The topological polar surface area (TPSA) is 78.1 Å². The van der Waals surface area contributed by atoms with Crippen LogP contribution >= 0.6 is 0 Å². The molecule has 5 nitrogen and oxygen atoms in total. The van der Waals surface area contributed by atoms with Gasteiger partial charge in [0, 0.05) is 18.1 Å². The Balaban J connectivity index is 2.71. The van der Waals surface area contributed by atoms with Crippen molar-refractivity contribution in [1.82, 2.24) is 9.97 Å². The Morgan fingerprint density at radius 1 is 1.28 bits per heavy atom. The number of carbonyl (C=O) groups is 1. The SMILES string of the molecule is COc1ccnc(C(N)=O)c1-c1ccnc(C)c1. The van der Waals surface area contributed by atoms with Crippen molar-refractivity contribution in [3.63, 3.8) is 0 Å². The van der Waals surface area contributed by atoms with E-state index >= 15 is 0 Å². The molecule has 0 atom stereocenters. The summed E-state index contributed by atoms with van der Waals surface area (Å²) in [5.41, 5.74) is 7.78. The van der Waals surface area contributed by atoms with Crippen LogP contribution in [0.1, 0.15) is 16.2 Å². The minimum atomic E-state index is -0.585. The lowest BCUT2D eigenvalue weighted by atomic mass is 10.0. The lowest BCUT2D eigenvalue weighted by Crippen LogP contribution is -2.15. The summed E-state index contributed by atoms with van der Waals surface area (Å²) in [6, 6.07) is 5.34. The van der Waals surface area contributed by atoms with Crippen LogP contribution in [-0.2, 0) is 0 Å². The van der Waals surface area contributed by atoms with Gasteiger partial charge in [-0.2, -0.15) is 0 Å². The van der Waals surface area contributed by atoms with Gasteiger partial charge in [0.05, 0.1) is 12.7 Å². The molecule has 2 rings (SSSR count). The first kappa shape index (κ1) is 12.0. The van der Waals surface area contributed by atoms with E-state index in [4.69, 9.17) is 10.5 Å². The van der Waals surface area contributed by atoms with Crippen LogP contribution in [0, 0.1) is 6.92 Å². The summed E-state index contributed by atoms with van der Waals surface area (Å²) in [7, 11) is 1.54. The fourth-order valence-electron chi connectivity index (χ4n) is 1.78. The van der Waals surface area contributed by atoms with Crippen LogP contribution < -0.4 is 10.5 Å². The molecule has 5 heteroatoms. The van der Waals surface area contributed by atoms with E-state index in [-0.39, 0.29) is 5.69 Å². The molecule has 0 aromatic carbocycles. The van der Waals surface area contributed by atoms with Crippen LogP contribution in [0.15, 0.2) is 30.6 Å². The van der Waals surface area contributed by atoms with Gasteiger partial charge in [0.25, 0.3) is 5.91 Å². The maximum atomic E-state index is 11.4. The molecule has 2 aromatic heterocycles. The molecule has 0 saturated carbocycles. The van der Waals surface area contributed by atoms with Gasteiger partial charge in [-0.05, 0) is 30.7 Å². The van der Waals surface area contributed by atoms with Gasteiger partial charge in [-0.25, -0.2) is 0 Å². The second-order valence-electron chi connectivity index (χ2n) is 3.79. The molecule has 18 heavy (non-hydrogen) atoms. The van der Waals surface area contributed by atoms with Crippen LogP contribution in [0.5, 0.6) is 5.75 Å². The van der Waals surface area contributed by atoms with E-state index in [0.717, 1.165) is 11.3 Å². The number of amides is 1. The van der Waals surface area contributed by atoms with Crippen LogP contribution in [-0.4, -0.2) is 23.0 Å². The summed E-state index contributed by atoms with van der Waals surface area (Å²) in [4.78, 5) is 19.6. The third-order valence-electron chi connectivity index (χ3n) is 2.55. The van der Waals surface area contributed by atoms with Gasteiger partial charge in [-0.1, -0.05) is 0 Å². The number of carbonyl (C=O) groups excluding carboxylic acids is 1. The average molecular weight is 243 g/mol. The number of hydrogen-bond donors (Lipinski definition) is 1. The summed E-state index contributed by atoms with van der Waals surface area (Å²) >= 11 is 0. The molecule has 0 aliphatic heterocycles. The van der Waals surface area contributed by atoms with Crippen LogP contribution in [0.25, 0.3) is 11.1 Å². The summed E-state index contributed by atoms with van der Waals surface area (Å²) in [6.07, 6.45) is 3.17. The van der Waals surface area contributed by atoms with Gasteiger partial charge in [-0.15, -0.1) is 0 Å². The molecule has 0 bridgehead atoms. The number of rotatable bonds is 3. The monoisotopic (exact) mass is 243 g/mol. The Kier molecular flexibility index (Phi) is 3.23. The maximum Gasteiger partial charge on any atom is 0.268 e. The molecule has 0 unspecified atom stereocenters. The fraction of sp³-hybridized carbons (Fsp3) is 0.154. The van der Waals surface area contributed by atoms with E-state index in [2.05, 4.69) is 9.97 Å². The zero-order valence-corrected chi connectivity index (χ0v) is 10.2. The van der Waals surface area contributed by atoms with Crippen molar-refractivity contribution >= 4 is 5.91 Å². The Morgan fingerprint density at radius 2 is 2.00 bits per heavy atom. The van der Waals surface area contributed by atoms with Gasteiger partial charge in [-0.3, -0.25) is 14.8 Å². The van der Waals surface area contributed by atoms with Crippen LogP contribution in [0.3, 0.4) is 0 Å². The van der Waals surface area contributed by atoms with E-state index in [1.165, 1.54) is 13.3 Å². The molecule has 0 radical (unpaired) electrons. The van der Waals surface area contributed by atoms with Gasteiger partial charge in [0.15, 0.2) is 0 Å². The number of methoxy groups -OCH3 is 1. The second kappa shape index (κ2) is 4.83. The molecule has 2 N–H and O–H groups in total. The molecular weight excluding hydrogens is 230 g/mol. The first-order chi connectivity index (χ1) is 8.63. The van der Waals surface area contributed by atoms with Crippen LogP contribution in [0.2, 0.25) is 0 Å². The van der Waals surface area contributed by atoms with Crippen molar-refractivity contribution in [2.75, 3.05) is 7.11 Å². The Morgan fingerprint density at radius 3 is 2.61 bits per heavy atom. The van der Waals surface area contributed by atoms with Crippen LogP contribution in [0.4, 0.5) is 0 Å². The van der Waals surface area contributed by atoms with Crippen molar-refractivity contribution in [1.29, 1.82) is 0 Å². The standard InChI is InChI=1S/C13H13N3O2/c1-8-7-9(3-5-15-8)11-10(18-2)4-6-16-12(11)13(14)17/h3-7H,1-2H3,(H2,14,17). The van der Waals surface area contributed by atoms with E-state index in [1.807, 2.05) is 13.0 Å². The summed E-state index contributed by atoms with van der Waals surface area (Å²) in [5, 5.41) is 0. The quantitative estimate of drug-likeness (QED) is 0.887. The number of nitrogens with two attached hydrogens (primary N) is 1. The van der Waals surface area contributed by atoms with Crippen molar-refractivity contribution in [3.8, 4) is 16.9 Å². The van der Waals surface area contributed by atoms with Gasteiger partial charge in [0.1, 0.15) is 11.4 Å². The predicted molar refractivity (Wildman–Crippen MR) is 67.3 cm³/mol. The third kappa shape index (κ3) is 2.15. The molecule has 1 amide bonds. The number of ether oxygens (including phenoxy) is 1. The lowest BCUT2D eigenvalue weighted by Gasteiger charge is -2.11. The molecule has 92 valence electrons. The molecule has 2 aromatic rings. The fourth-order valence-corrected chi connectivity index (χ4v) is 1.78. The predicted octanol–water partition coefficient (Wildman–Crippen LogP) is 1.56. The highest BCUT2D eigenvalue weighted by atomic mass is 16.5. The largest absolute Gasteiger partial charge is 0.496 e. The number of primary amides is 1. The molecular formula is C13H13N3O2. The van der Waals surface area contributed by atoms with E-state index in [9.17, 15) is 4.79 Å². The van der Waals surface area contributed by atoms with Gasteiger partial charge in [0.2, 0.25) is 0 Å². The molecule has 0 aliphatic carbocycles. The van der Waals surface area contributed by atoms with Crippen molar-refractivity contribution in [2.45, 2.75) is 6.92 Å². The van der Waals surface area contributed by atoms with Gasteiger partial charge < -0.3 is 10.5 Å². The van der Waals surface area contributed by atoms with Gasteiger partial charge >= 0.3 is 0 Å². The third-order valence-corrected chi connectivity index (χ3v) is 2.55. The van der Waals surface area contributed by atoms with Crippen molar-refractivity contribution in [3.05, 3.63) is 42.0 Å². The minimum Gasteiger partial charge on any atom is -0.496 e. The number of aromatic nitrogens is 2. The molecule has 0 spiro atoms. The van der Waals surface area contributed by atoms with E-state index in [1.54, 1.807) is 18.3 Å². The van der Waals surface area contributed by atoms with E-state index in [0.29, 0.717) is 11.3 Å². The minimum absolute atomic E-state index is 0.194. The first-order valence-corrected chi connectivity index (χ1v) is 5.39. The maximum absolute atomic E-state index is 11.4. The zero-order chi connectivity index (χ0) is 13.1. The Bertz CT molecular complexity index is 597. The average Bonchev–Trinajstić information content (AvgIpc) is 2.37. The molecule has 2 heterocycles. The molecule has 0 saturated heterocycles. The summed E-state index contributed by atoms with van der Waals surface area (Å²) in [6.45, 7) is 1.87. The number of aryl methyl sites for hydroxylation is 1. The van der Waals surface area contributed by atoms with E-state index < -0.39 is 5.91 Å². The Hall–Kier alpha value is -2.43.